The minimum absolute atomic E-state index is 0.134. The van der Waals surface area contributed by atoms with Crippen molar-refractivity contribution in [2.75, 3.05) is 7.11 Å². The summed E-state index contributed by atoms with van der Waals surface area (Å²) >= 11 is 3.57. The molecule has 0 bridgehead atoms. The first-order valence-electron chi connectivity index (χ1n) is 7.87. The first-order valence-corrected chi connectivity index (χ1v) is 8.67. The Hall–Kier alpha value is -0.540. The standard InChI is InChI=1S/C18H28BrNO/c1-17(2,3)16-7-5-6-10-18(16,20)12-13-11-14(19)8-9-15(13)21-4/h8-9,11,16H,5-7,10,12,20H2,1-4H3. The lowest BCUT2D eigenvalue weighted by Gasteiger charge is -2.48. The van der Waals surface area contributed by atoms with E-state index in [-0.39, 0.29) is 11.0 Å². The predicted octanol–water partition coefficient (Wildman–Crippen LogP) is 4.93. The fourth-order valence-electron chi connectivity index (χ4n) is 4.01. The molecule has 2 rings (SSSR count). The van der Waals surface area contributed by atoms with Crippen molar-refractivity contribution in [3.8, 4) is 5.75 Å². The molecule has 1 fully saturated rings. The molecule has 2 N–H and O–H groups in total. The van der Waals surface area contributed by atoms with Gasteiger partial charge in [-0.05, 0) is 54.4 Å². The summed E-state index contributed by atoms with van der Waals surface area (Å²) in [6.45, 7) is 6.97. The van der Waals surface area contributed by atoms with E-state index >= 15 is 0 Å². The van der Waals surface area contributed by atoms with Crippen LogP contribution in [0.1, 0.15) is 52.0 Å². The maximum atomic E-state index is 6.92. The van der Waals surface area contributed by atoms with Crippen LogP contribution in [0.15, 0.2) is 22.7 Å². The number of ether oxygens (including phenoxy) is 1. The van der Waals surface area contributed by atoms with Crippen molar-refractivity contribution >= 4 is 15.9 Å². The second kappa shape index (κ2) is 6.29. The van der Waals surface area contributed by atoms with Gasteiger partial charge >= 0.3 is 0 Å². The normalized spacial score (nSPS) is 26.7. The molecule has 2 unspecified atom stereocenters. The van der Waals surface area contributed by atoms with Gasteiger partial charge < -0.3 is 10.5 Å². The van der Waals surface area contributed by atoms with Gasteiger partial charge in [0, 0.05) is 10.0 Å². The van der Waals surface area contributed by atoms with E-state index in [4.69, 9.17) is 10.5 Å². The molecule has 2 nitrogen and oxygen atoms in total. The van der Waals surface area contributed by atoms with Crippen LogP contribution in [0.25, 0.3) is 0 Å². The lowest BCUT2D eigenvalue weighted by molar-refractivity contribution is 0.0788. The van der Waals surface area contributed by atoms with E-state index in [0.717, 1.165) is 23.1 Å². The SMILES string of the molecule is COc1ccc(Br)cc1CC1(N)CCCCC1C(C)(C)C. The van der Waals surface area contributed by atoms with Gasteiger partial charge in [-0.1, -0.05) is 49.5 Å². The quantitative estimate of drug-likeness (QED) is 0.835. The number of nitrogens with two attached hydrogens (primary N) is 1. The van der Waals surface area contributed by atoms with Gasteiger partial charge in [-0.25, -0.2) is 0 Å². The smallest absolute Gasteiger partial charge is 0.122 e. The zero-order valence-corrected chi connectivity index (χ0v) is 15.3. The molecule has 1 aliphatic rings. The summed E-state index contributed by atoms with van der Waals surface area (Å²) in [5, 5.41) is 0. The Morgan fingerprint density at radius 1 is 1.33 bits per heavy atom. The van der Waals surface area contributed by atoms with Crippen LogP contribution >= 0.6 is 15.9 Å². The van der Waals surface area contributed by atoms with Gasteiger partial charge in [0.25, 0.3) is 0 Å². The van der Waals surface area contributed by atoms with Crippen molar-refractivity contribution in [3.63, 3.8) is 0 Å². The Morgan fingerprint density at radius 3 is 2.67 bits per heavy atom. The molecule has 2 atom stereocenters. The van der Waals surface area contributed by atoms with Crippen LogP contribution in [0, 0.1) is 11.3 Å². The maximum absolute atomic E-state index is 6.92. The van der Waals surface area contributed by atoms with Crippen LogP contribution in [0.4, 0.5) is 0 Å². The highest BCUT2D eigenvalue weighted by molar-refractivity contribution is 9.10. The zero-order chi connectivity index (χ0) is 15.7. The lowest BCUT2D eigenvalue weighted by Crippen LogP contribution is -2.55. The summed E-state index contributed by atoms with van der Waals surface area (Å²) in [6, 6.07) is 6.20. The summed E-state index contributed by atoms with van der Waals surface area (Å²) in [4.78, 5) is 0. The van der Waals surface area contributed by atoms with E-state index in [0.29, 0.717) is 5.92 Å². The van der Waals surface area contributed by atoms with E-state index in [2.05, 4.69) is 42.8 Å². The molecule has 0 heterocycles. The van der Waals surface area contributed by atoms with Crippen LogP contribution in [0.5, 0.6) is 5.75 Å². The summed E-state index contributed by atoms with van der Waals surface area (Å²) in [5.41, 5.74) is 8.25. The van der Waals surface area contributed by atoms with Gasteiger partial charge in [0.15, 0.2) is 0 Å². The van der Waals surface area contributed by atoms with Crippen LogP contribution in [0.3, 0.4) is 0 Å². The minimum Gasteiger partial charge on any atom is -0.496 e. The second-order valence-electron chi connectivity index (χ2n) is 7.53. The second-order valence-corrected chi connectivity index (χ2v) is 8.45. The lowest BCUT2D eigenvalue weighted by atomic mass is 9.61. The van der Waals surface area contributed by atoms with E-state index < -0.39 is 0 Å². The molecule has 0 spiro atoms. The molecule has 1 aliphatic carbocycles. The number of hydrogen-bond acceptors (Lipinski definition) is 2. The third kappa shape index (κ3) is 3.81. The fraction of sp³-hybridized carbons (Fsp3) is 0.667. The summed E-state index contributed by atoms with van der Waals surface area (Å²) in [7, 11) is 1.73. The Morgan fingerprint density at radius 2 is 2.05 bits per heavy atom. The van der Waals surface area contributed by atoms with Crippen LogP contribution in [0.2, 0.25) is 0 Å². The highest BCUT2D eigenvalue weighted by atomic mass is 79.9. The van der Waals surface area contributed by atoms with E-state index in [1.54, 1.807) is 7.11 Å². The molecule has 0 aromatic heterocycles. The molecule has 1 saturated carbocycles. The predicted molar refractivity (Wildman–Crippen MR) is 92.7 cm³/mol. The molecule has 1 aromatic carbocycles. The molecule has 0 amide bonds. The largest absolute Gasteiger partial charge is 0.496 e. The average Bonchev–Trinajstić information content (AvgIpc) is 2.37. The number of hydrogen-bond donors (Lipinski definition) is 1. The summed E-state index contributed by atoms with van der Waals surface area (Å²) in [5.74, 6) is 1.49. The highest BCUT2D eigenvalue weighted by Gasteiger charge is 2.43. The van der Waals surface area contributed by atoms with Gasteiger partial charge in [-0.3, -0.25) is 0 Å². The molecule has 0 saturated heterocycles. The Kier molecular flexibility index (Phi) is 5.04. The molecular weight excluding hydrogens is 326 g/mol. The third-order valence-electron chi connectivity index (χ3n) is 4.89. The summed E-state index contributed by atoms with van der Waals surface area (Å²) < 4.78 is 6.62. The Balaban J connectivity index is 2.32. The molecule has 21 heavy (non-hydrogen) atoms. The van der Waals surface area contributed by atoms with Gasteiger partial charge in [-0.2, -0.15) is 0 Å². The van der Waals surface area contributed by atoms with Crippen LogP contribution in [-0.2, 0) is 6.42 Å². The van der Waals surface area contributed by atoms with Crippen molar-refractivity contribution < 1.29 is 4.74 Å². The van der Waals surface area contributed by atoms with Gasteiger partial charge in [0.2, 0.25) is 0 Å². The Labute approximate surface area is 137 Å². The third-order valence-corrected chi connectivity index (χ3v) is 5.38. The first-order chi connectivity index (χ1) is 9.76. The van der Waals surface area contributed by atoms with Crippen molar-refractivity contribution in [2.24, 2.45) is 17.1 Å². The number of benzene rings is 1. The highest BCUT2D eigenvalue weighted by Crippen LogP contribution is 2.45. The minimum atomic E-state index is -0.134. The first kappa shape index (κ1) is 16.8. The van der Waals surface area contributed by atoms with Crippen LogP contribution in [-0.4, -0.2) is 12.6 Å². The zero-order valence-electron chi connectivity index (χ0n) is 13.7. The monoisotopic (exact) mass is 353 g/mol. The topological polar surface area (TPSA) is 35.2 Å². The van der Waals surface area contributed by atoms with Crippen molar-refractivity contribution in [1.29, 1.82) is 0 Å². The number of rotatable bonds is 3. The van der Waals surface area contributed by atoms with Gasteiger partial charge in [0.05, 0.1) is 7.11 Å². The van der Waals surface area contributed by atoms with E-state index in [1.807, 2.05) is 12.1 Å². The molecule has 0 aliphatic heterocycles. The van der Waals surface area contributed by atoms with Gasteiger partial charge in [0.1, 0.15) is 5.75 Å². The van der Waals surface area contributed by atoms with Crippen molar-refractivity contribution in [3.05, 3.63) is 28.2 Å². The average molecular weight is 354 g/mol. The molecular formula is C18H28BrNO. The van der Waals surface area contributed by atoms with Gasteiger partial charge in [-0.15, -0.1) is 0 Å². The molecule has 0 radical (unpaired) electrons. The Bertz CT molecular complexity index is 494. The maximum Gasteiger partial charge on any atom is 0.122 e. The van der Waals surface area contributed by atoms with Crippen molar-refractivity contribution in [2.45, 2.75) is 58.4 Å². The van der Waals surface area contributed by atoms with E-state index in [1.165, 1.54) is 24.8 Å². The molecule has 3 heteroatoms. The molecule has 1 aromatic rings. The van der Waals surface area contributed by atoms with Crippen molar-refractivity contribution in [1.82, 2.24) is 0 Å². The fourth-order valence-corrected chi connectivity index (χ4v) is 4.42. The summed E-state index contributed by atoms with van der Waals surface area (Å²) in [6.07, 6.45) is 5.76. The van der Waals surface area contributed by atoms with E-state index in [9.17, 15) is 0 Å². The number of halogens is 1. The number of methoxy groups -OCH3 is 1. The van der Waals surface area contributed by atoms with Crippen LogP contribution < -0.4 is 10.5 Å². The molecule has 118 valence electrons.